The molecule has 2 heterocycles. The fourth-order valence-corrected chi connectivity index (χ4v) is 3.09. The number of guanidine groups is 1. The van der Waals surface area contributed by atoms with Crippen LogP contribution in [0, 0.1) is 0 Å². The zero-order valence-electron chi connectivity index (χ0n) is 15.2. The maximum absolute atomic E-state index is 5.49. The number of ether oxygens (including phenoxy) is 1. The van der Waals surface area contributed by atoms with Crippen molar-refractivity contribution in [1.29, 1.82) is 0 Å². The molecule has 0 saturated heterocycles. The van der Waals surface area contributed by atoms with E-state index in [0.29, 0.717) is 13.2 Å². The summed E-state index contributed by atoms with van der Waals surface area (Å²) in [6.07, 6.45) is 2.18. The van der Waals surface area contributed by atoms with Gasteiger partial charge in [0.2, 0.25) is 0 Å². The third-order valence-electron chi connectivity index (χ3n) is 4.32. The average Bonchev–Trinajstić information content (AvgIpc) is 3.22. The molecule has 1 aliphatic rings. The zero-order valence-corrected chi connectivity index (χ0v) is 15.2. The molecule has 0 bridgehead atoms. The number of aliphatic imine (C=N–C) groups is 1. The highest BCUT2D eigenvalue weighted by Gasteiger charge is 2.17. The average molecular weight is 342 g/mol. The van der Waals surface area contributed by atoms with Gasteiger partial charge >= 0.3 is 0 Å². The molecule has 0 unspecified atom stereocenters. The van der Waals surface area contributed by atoms with Crippen LogP contribution < -0.4 is 10.1 Å². The van der Waals surface area contributed by atoms with Crippen LogP contribution in [0.4, 0.5) is 0 Å². The third-order valence-corrected chi connectivity index (χ3v) is 4.32. The van der Waals surface area contributed by atoms with Crippen molar-refractivity contribution in [3.05, 3.63) is 41.5 Å². The first kappa shape index (κ1) is 17.3. The van der Waals surface area contributed by atoms with Crippen molar-refractivity contribution in [2.24, 2.45) is 4.99 Å². The lowest BCUT2D eigenvalue weighted by Crippen LogP contribution is -2.38. The van der Waals surface area contributed by atoms with Crippen LogP contribution in [0.3, 0.4) is 0 Å². The number of aryl methyl sites for hydroxylation is 1. The van der Waals surface area contributed by atoms with E-state index < -0.39 is 0 Å². The minimum absolute atomic E-state index is 0.632. The van der Waals surface area contributed by atoms with E-state index in [0.717, 1.165) is 49.3 Å². The van der Waals surface area contributed by atoms with Crippen molar-refractivity contribution in [2.45, 2.75) is 39.4 Å². The number of aromatic nitrogens is 3. The summed E-state index contributed by atoms with van der Waals surface area (Å²) in [5.41, 5.74) is 1.21. The minimum atomic E-state index is 0.632. The third kappa shape index (κ3) is 4.10. The van der Waals surface area contributed by atoms with Crippen molar-refractivity contribution in [2.75, 3.05) is 20.7 Å². The van der Waals surface area contributed by atoms with E-state index in [1.165, 1.54) is 5.56 Å². The lowest BCUT2D eigenvalue weighted by Gasteiger charge is -2.22. The molecule has 1 aliphatic heterocycles. The van der Waals surface area contributed by atoms with E-state index in [9.17, 15) is 0 Å². The SMILES string of the molecule is CCOc1ccc(CN(C)C(=NC)NCc2nnc3n2CCC3)cc1. The molecule has 25 heavy (non-hydrogen) atoms. The second-order valence-electron chi connectivity index (χ2n) is 6.12. The van der Waals surface area contributed by atoms with Crippen molar-refractivity contribution in [3.63, 3.8) is 0 Å². The van der Waals surface area contributed by atoms with Gasteiger partial charge in [-0.25, -0.2) is 0 Å². The summed E-state index contributed by atoms with van der Waals surface area (Å²) >= 11 is 0. The Morgan fingerprint density at radius 2 is 2.12 bits per heavy atom. The van der Waals surface area contributed by atoms with E-state index >= 15 is 0 Å². The summed E-state index contributed by atoms with van der Waals surface area (Å²) in [5.74, 6) is 3.80. The molecule has 0 atom stereocenters. The Kier molecular flexibility index (Phi) is 5.53. The van der Waals surface area contributed by atoms with Crippen LogP contribution in [0.1, 0.15) is 30.6 Å². The highest BCUT2D eigenvalue weighted by atomic mass is 16.5. The second-order valence-corrected chi connectivity index (χ2v) is 6.12. The van der Waals surface area contributed by atoms with Gasteiger partial charge in [0.05, 0.1) is 13.2 Å². The van der Waals surface area contributed by atoms with Crippen molar-refractivity contribution >= 4 is 5.96 Å². The van der Waals surface area contributed by atoms with Gasteiger partial charge in [-0.1, -0.05) is 12.1 Å². The van der Waals surface area contributed by atoms with Crippen LogP contribution in [0.25, 0.3) is 0 Å². The number of nitrogens with zero attached hydrogens (tertiary/aromatic N) is 5. The maximum atomic E-state index is 5.49. The molecule has 7 nitrogen and oxygen atoms in total. The van der Waals surface area contributed by atoms with Crippen LogP contribution in [0.15, 0.2) is 29.3 Å². The lowest BCUT2D eigenvalue weighted by atomic mass is 10.2. The highest BCUT2D eigenvalue weighted by Crippen LogP contribution is 2.15. The standard InChI is InChI=1S/C18H26N6O/c1-4-25-15-9-7-14(8-10-15)13-23(3)18(19-2)20-12-17-22-21-16-6-5-11-24(16)17/h7-10H,4-6,11-13H2,1-3H3,(H,19,20). The Morgan fingerprint density at radius 1 is 1.32 bits per heavy atom. The Balaban J connectivity index is 1.56. The van der Waals surface area contributed by atoms with Gasteiger partial charge in [-0.15, -0.1) is 10.2 Å². The number of hydrogen-bond acceptors (Lipinski definition) is 4. The summed E-state index contributed by atoms with van der Waals surface area (Å²) < 4.78 is 7.69. The van der Waals surface area contributed by atoms with Crippen LogP contribution in [0.5, 0.6) is 5.75 Å². The summed E-state index contributed by atoms with van der Waals surface area (Å²) in [7, 11) is 3.82. The van der Waals surface area contributed by atoms with Gasteiger partial charge in [-0.3, -0.25) is 4.99 Å². The van der Waals surface area contributed by atoms with Gasteiger partial charge < -0.3 is 19.5 Å². The van der Waals surface area contributed by atoms with Gasteiger partial charge in [0, 0.05) is 33.6 Å². The van der Waals surface area contributed by atoms with Gasteiger partial charge in [0.1, 0.15) is 11.6 Å². The van der Waals surface area contributed by atoms with Gasteiger partial charge in [-0.05, 0) is 31.0 Å². The molecule has 0 radical (unpaired) electrons. The first-order valence-corrected chi connectivity index (χ1v) is 8.75. The molecule has 0 aliphatic carbocycles. The zero-order chi connectivity index (χ0) is 17.6. The maximum Gasteiger partial charge on any atom is 0.194 e. The van der Waals surface area contributed by atoms with Crippen LogP contribution >= 0.6 is 0 Å². The van der Waals surface area contributed by atoms with E-state index in [-0.39, 0.29) is 0 Å². The quantitative estimate of drug-likeness (QED) is 0.641. The van der Waals surface area contributed by atoms with Crippen LogP contribution in [0.2, 0.25) is 0 Å². The molecule has 0 fully saturated rings. The van der Waals surface area contributed by atoms with Crippen molar-refractivity contribution in [3.8, 4) is 5.75 Å². The Hall–Kier alpha value is -2.57. The summed E-state index contributed by atoms with van der Waals surface area (Å²) in [6, 6.07) is 8.17. The molecular weight excluding hydrogens is 316 g/mol. The smallest absolute Gasteiger partial charge is 0.194 e. The van der Waals surface area contributed by atoms with Crippen LogP contribution in [-0.2, 0) is 26.1 Å². The predicted octanol–water partition coefficient (Wildman–Crippen LogP) is 1.83. The van der Waals surface area contributed by atoms with E-state index in [1.54, 1.807) is 7.05 Å². The van der Waals surface area contributed by atoms with E-state index in [4.69, 9.17) is 4.74 Å². The topological polar surface area (TPSA) is 67.6 Å². The molecule has 1 aromatic carbocycles. The fourth-order valence-electron chi connectivity index (χ4n) is 3.09. The molecule has 1 N–H and O–H groups in total. The Labute approximate surface area is 148 Å². The molecule has 3 rings (SSSR count). The molecule has 2 aromatic rings. The molecule has 1 aromatic heterocycles. The largest absolute Gasteiger partial charge is 0.494 e. The molecule has 0 saturated carbocycles. The Morgan fingerprint density at radius 3 is 2.84 bits per heavy atom. The minimum Gasteiger partial charge on any atom is -0.494 e. The lowest BCUT2D eigenvalue weighted by molar-refractivity contribution is 0.340. The second kappa shape index (κ2) is 8.00. The predicted molar refractivity (Wildman–Crippen MR) is 97.6 cm³/mol. The van der Waals surface area contributed by atoms with Gasteiger partial charge in [-0.2, -0.15) is 0 Å². The van der Waals surface area contributed by atoms with Gasteiger partial charge in [0.25, 0.3) is 0 Å². The highest BCUT2D eigenvalue weighted by molar-refractivity contribution is 5.79. The summed E-state index contributed by atoms with van der Waals surface area (Å²) in [6.45, 7) is 5.08. The first-order valence-electron chi connectivity index (χ1n) is 8.75. The number of nitrogens with one attached hydrogen (secondary N) is 1. The number of benzene rings is 1. The summed E-state index contributed by atoms with van der Waals surface area (Å²) in [5, 5.41) is 11.9. The molecule has 134 valence electrons. The number of fused-ring (bicyclic) bond motifs is 1. The number of hydrogen-bond donors (Lipinski definition) is 1. The monoisotopic (exact) mass is 342 g/mol. The van der Waals surface area contributed by atoms with Crippen molar-refractivity contribution in [1.82, 2.24) is 25.0 Å². The van der Waals surface area contributed by atoms with E-state index in [2.05, 4.69) is 42.1 Å². The van der Waals surface area contributed by atoms with Crippen LogP contribution in [-0.4, -0.2) is 46.3 Å². The fraction of sp³-hybridized carbons (Fsp3) is 0.500. The first-order chi connectivity index (χ1) is 12.2. The molecule has 0 spiro atoms. The molecular formula is C18H26N6O. The van der Waals surface area contributed by atoms with E-state index in [1.807, 2.05) is 26.1 Å². The molecule has 0 amide bonds. The molecule has 7 heteroatoms. The number of rotatable bonds is 6. The van der Waals surface area contributed by atoms with Gasteiger partial charge in [0.15, 0.2) is 11.8 Å². The summed E-state index contributed by atoms with van der Waals surface area (Å²) in [4.78, 5) is 6.47. The van der Waals surface area contributed by atoms with Crippen molar-refractivity contribution < 1.29 is 4.74 Å². The normalized spacial score (nSPS) is 13.6. The Bertz CT molecular complexity index is 722.